The lowest BCUT2D eigenvalue weighted by Gasteiger charge is -2.27. The first-order valence-corrected chi connectivity index (χ1v) is 9.78. The molecule has 25 heavy (non-hydrogen) atoms. The third kappa shape index (κ3) is 4.46. The molecular formula is C20H29N3O2. The van der Waals surface area contributed by atoms with Crippen LogP contribution in [0.15, 0.2) is 24.3 Å². The van der Waals surface area contributed by atoms with Crippen molar-refractivity contribution in [3.8, 4) is 5.75 Å². The van der Waals surface area contributed by atoms with Gasteiger partial charge in [-0.25, -0.2) is 4.79 Å². The maximum Gasteiger partial charge on any atom is 0.315 e. The van der Waals surface area contributed by atoms with Crippen LogP contribution in [-0.2, 0) is 6.54 Å². The van der Waals surface area contributed by atoms with Crippen molar-refractivity contribution in [3.05, 3.63) is 29.8 Å². The lowest BCUT2D eigenvalue weighted by molar-refractivity contribution is 0.119. The minimum absolute atomic E-state index is 0.0803. The number of hydrogen-bond acceptors (Lipinski definition) is 3. The zero-order valence-electron chi connectivity index (χ0n) is 14.9. The molecule has 2 amide bonds. The molecule has 136 valence electrons. The third-order valence-electron chi connectivity index (χ3n) is 5.69. The molecule has 1 heterocycles. The number of nitrogens with one attached hydrogen (secondary N) is 2. The number of carbonyl (C=O) groups is 1. The van der Waals surface area contributed by atoms with Gasteiger partial charge in [-0.3, -0.25) is 0 Å². The average molecular weight is 343 g/mol. The van der Waals surface area contributed by atoms with Crippen molar-refractivity contribution in [1.82, 2.24) is 15.5 Å². The van der Waals surface area contributed by atoms with Crippen LogP contribution >= 0.6 is 0 Å². The SMILES string of the molecule is O=C(NCc1ccccc1OC1CCC1)NC[C@H]1CCN(C2CC2)C1. The average Bonchev–Trinajstić information content (AvgIpc) is 3.34. The standard InChI is InChI=1S/C20H29N3O2/c24-20(21-12-15-10-11-23(14-15)17-8-9-17)22-13-16-4-1-2-7-19(16)25-18-5-3-6-18/h1-2,4,7,15,17-18H,3,5-6,8-14H2,(H2,21,22,24)/t15-/m1/s1. The van der Waals surface area contributed by atoms with Crippen LogP contribution in [0.1, 0.15) is 44.1 Å². The number of ether oxygens (including phenoxy) is 1. The normalized spacial score (nSPS) is 23.9. The van der Waals surface area contributed by atoms with E-state index in [9.17, 15) is 4.79 Å². The number of carbonyl (C=O) groups excluding carboxylic acids is 1. The summed E-state index contributed by atoms with van der Waals surface area (Å²) < 4.78 is 6.02. The van der Waals surface area contributed by atoms with Gasteiger partial charge in [-0.2, -0.15) is 0 Å². The highest BCUT2D eigenvalue weighted by Crippen LogP contribution is 2.31. The summed E-state index contributed by atoms with van der Waals surface area (Å²) in [4.78, 5) is 14.7. The molecule has 3 fully saturated rings. The van der Waals surface area contributed by atoms with Crippen LogP contribution in [0.3, 0.4) is 0 Å². The maximum absolute atomic E-state index is 12.1. The van der Waals surface area contributed by atoms with Gasteiger partial charge in [0.2, 0.25) is 0 Å². The van der Waals surface area contributed by atoms with Crippen LogP contribution in [0.2, 0.25) is 0 Å². The Morgan fingerprint density at radius 2 is 1.96 bits per heavy atom. The first kappa shape index (κ1) is 16.7. The lowest BCUT2D eigenvalue weighted by Crippen LogP contribution is -2.38. The second-order valence-electron chi connectivity index (χ2n) is 7.72. The summed E-state index contributed by atoms with van der Waals surface area (Å²) >= 11 is 0. The molecule has 5 nitrogen and oxygen atoms in total. The molecule has 1 saturated heterocycles. The summed E-state index contributed by atoms with van der Waals surface area (Å²) in [6.45, 7) is 3.62. The molecule has 1 aromatic rings. The Morgan fingerprint density at radius 3 is 2.72 bits per heavy atom. The molecule has 3 aliphatic rings. The third-order valence-corrected chi connectivity index (χ3v) is 5.69. The molecule has 0 spiro atoms. The van der Waals surface area contributed by atoms with Crippen LogP contribution in [-0.4, -0.2) is 42.7 Å². The molecule has 0 bridgehead atoms. The first-order chi connectivity index (χ1) is 12.3. The predicted molar refractivity (Wildman–Crippen MR) is 97.6 cm³/mol. The van der Waals surface area contributed by atoms with E-state index < -0.39 is 0 Å². The van der Waals surface area contributed by atoms with Crippen molar-refractivity contribution in [2.24, 2.45) is 5.92 Å². The summed E-state index contributed by atoms with van der Waals surface area (Å²) in [7, 11) is 0. The highest BCUT2D eigenvalue weighted by Gasteiger charge is 2.34. The van der Waals surface area contributed by atoms with Crippen LogP contribution in [0, 0.1) is 5.92 Å². The van der Waals surface area contributed by atoms with Crippen molar-refractivity contribution in [1.29, 1.82) is 0 Å². The second-order valence-corrected chi connectivity index (χ2v) is 7.72. The van der Waals surface area contributed by atoms with Crippen LogP contribution in [0.4, 0.5) is 4.79 Å². The Hall–Kier alpha value is -1.75. The molecule has 1 atom stereocenters. The van der Waals surface area contributed by atoms with E-state index in [0.717, 1.165) is 43.3 Å². The molecular weight excluding hydrogens is 314 g/mol. The van der Waals surface area contributed by atoms with Crippen LogP contribution in [0.25, 0.3) is 0 Å². The second kappa shape index (κ2) is 7.65. The fraction of sp³-hybridized carbons (Fsp3) is 0.650. The highest BCUT2D eigenvalue weighted by atomic mass is 16.5. The largest absolute Gasteiger partial charge is 0.490 e. The van der Waals surface area contributed by atoms with Crippen molar-refractivity contribution in [2.45, 2.75) is 57.2 Å². The molecule has 2 saturated carbocycles. The number of nitrogens with zero attached hydrogens (tertiary/aromatic N) is 1. The van der Waals surface area contributed by atoms with Crippen molar-refractivity contribution in [2.75, 3.05) is 19.6 Å². The summed E-state index contributed by atoms with van der Waals surface area (Å²) in [5.41, 5.74) is 1.05. The van der Waals surface area contributed by atoms with Gasteiger partial charge in [-0.05, 0) is 57.1 Å². The number of benzene rings is 1. The van der Waals surface area contributed by atoms with Crippen molar-refractivity contribution < 1.29 is 9.53 Å². The molecule has 2 aliphatic carbocycles. The monoisotopic (exact) mass is 343 g/mol. The minimum atomic E-state index is -0.0803. The summed E-state index contributed by atoms with van der Waals surface area (Å²) in [6, 6.07) is 8.77. The minimum Gasteiger partial charge on any atom is -0.490 e. The van der Waals surface area contributed by atoms with Crippen LogP contribution < -0.4 is 15.4 Å². The Kier molecular flexibility index (Phi) is 5.11. The fourth-order valence-electron chi connectivity index (χ4n) is 3.71. The molecule has 2 N–H and O–H groups in total. The van der Waals surface area contributed by atoms with Gasteiger partial charge in [0.1, 0.15) is 5.75 Å². The Morgan fingerprint density at radius 1 is 1.12 bits per heavy atom. The molecule has 0 aromatic heterocycles. The summed E-state index contributed by atoms with van der Waals surface area (Å²) in [6.07, 6.45) is 7.82. The van der Waals surface area contributed by atoms with E-state index in [1.54, 1.807) is 0 Å². The predicted octanol–water partition coefficient (Wildman–Crippen LogP) is 2.90. The Balaban J connectivity index is 1.19. The zero-order chi connectivity index (χ0) is 17.1. The van der Waals surface area contributed by atoms with Gasteiger partial charge in [-0.15, -0.1) is 0 Å². The molecule has 5 heteroatoms. The molecule has 0 radical (unpaired) electrons. The van der Waals surface area contributed by atoms with E-state index >= 15 is 0 Å². The summed E-state index contributed by atoms with van der Waals surface area (Å²) in [5, 5.41) is 6.02. The van der Waals surface area contributed by atoms with E-state index in [0.29, 0.717) is 18.6 Å². The maximum atomic E-state index is 12.1. The van der Waals surface area contributed by atoms with Gasteiger partial charge < -0.3 is 20.3 Å². The van der Waals surface area contributed by atoms with Gasteiger partial charge in [0, 0.05) is 31.2 Å². The number of likely N-dealkylation sites (tertiary alicyclic amines) is 1. The van der Waals surface area contributed by atoms with Crippen molar-refractivity contribution in [3.63, 3.8) is 0 Å². The number of para-hydroxylation sites is 1. The van der Waals surface area contributed by atoms with Gasteiger partial charge >= 0.3 is 6.03 Å². The van der Waals surface area contributed by atoms with E-state index in [1.807, 2.05) is 24.3 Å². The highest BCUT2D eigenvalue weighted by molar-refractivity contribution is 5.73. The van der Waals surface area contributed by atoms with Gasteiger partial charge in [-0.1, -0.05) is 18.2 Å². The molecule has 1 aromatic carbocycles. The number of rotatable bonds is 7. The van der Waals surface area contributed by atoms with Gasteiger partial charge in [0.05, 0.1) is 6.10 Å². The van der Waals surface area contributed by atoms with Gasteiger partial charge in [0.25, 0.3) is 0 Å². The number of hydrogen-bond donors (Lipinski definition) is 2. The molecule has 4 rings (SSSR count). The van der Waals surface area contributed by atoms with Crippen LogP contribution in [0.5, 0.6) is 5.75 Å². The molecule has 1 aliphatic heterocycles. The zero-order valence-corrected chi connectivity index (χ0v) is 14.9. The summed E-state index contributed by atoms with van der Waals surface area (Å²) in [5.74, 6) is 1.50. The van der Waals surface area contributed by atoms with E-state index in [2.05, 4.69) is 15.5 Å². The Bertz CT molecular complexity index is 598. The fourth-order valence-corrected chi connectivity index (χ4v) is 3.71. The lowest BCUT2D eigenvalue weighted by atomic mass is 9.96. The number of amides is 2. The first-order valence-electron chi connectivity index (χ1n) is 9.78. The van der Waals surface area contributed by atoms with E-state index in [4.69, 9.17) is 4.74 Å². The number of urea groups is 1. The quantitative estimate of drug-likeness (QED) is 0.800. The molecule has 0 unspecified atom stereocenters. The van der Waals surface area contributed by atoms with Crippen molar-refractivity contribution >= 4 is 6.03 Å². The van der Waals surface area contributed by atoms with Gasteiger partial charge in [0.15, 0.2) is 0 Å². The topological polar surface area (TPSA) is 53.6 Å². The van der Waals surface area contributed by atoms with E-state index in [-0.39, 0.29) is 6.03 Å². The van der Waals surface area contributed by atoms with E-state index in [1.165, 1.54) is 32.2 Å². The Labute approximate surface area is 150 Å². The smallest absolute Gasteiger partial charge is 0.315 e.